The van der Waals surface area contributed by atoms with Crippen LogP contribution in [0.15, 0.2) is 38.9 Å². The average molecular weight is 510 g/mol. The molecule has 1 fully saturated rings. The Labute approximate surface area is 202 Å². The van der Waals surface area contributed by atoms with Crippen LogP contribution in [-0.2, 0) is 38.2 Å². The van der Waals surface area contributed by atoms with Crippen molar-refractivity contribution in [3.8, 4) is 0 Å². The van der Waals surface area contributed by atoms with Gasteiger partial charge in [-0.3, -0.25) is 14.4 Å². The maximum absolute atomic E-state index is 13.0. The van der Waals surface area contributed by atoms with Gasteiger partial charge in [0, 0.05) is 19.4 Å². The lowest BCUT2D eigenvalue weighted by atomic mass is 9.98. The van der Waals surface area contributed by atoms with Crippen LogP contribution < -0.4 is 11.1 Å². The molecule has 3 heterocycles. The number of nitrogens with one attached hydrogen (secondary N) is 1. The third-order valence-corrected chi connectivity index (χ3v) is 5.94. The molecule has 1 aromatic rings. The van der Waals surface area contributed by atoms with Crippen LogP contribution in [0.25, 0.3) is 0 Å². The first-order valence-corrected chi connectivity index (χ1v) is 11.0. The Morgan fingerprint density at radius 3 is 2.66 bits per heavy atom. The van der Waals surface area contributed by atoms with Gasteiger partial charge in [0.15, 0.2) is 11.8 Å². The molecule has 0 aromatic carbocycles. The Balaban J connectivity index is 1.79. The minimum absolute atomic E-state index is 0.121. The van der Waals surface area contributed by atoms with Gasteiger partial charge >= 0.3 is 18.0 Å². The summed E-state index contributed by atoms with van der Waals surface area (Å²) in [5.74, 6) is -2.84. The molecule has 0 spiro atoms. The molecule has 1 aromatic heterocycles. The van der Waals surface area contributed by atoms with Crippen LogP contribution in [-0.4, -0.2) is 77.9 Å². The standard InChI is InChI=1S/C20H22N4O10S/c1-9(25)33-10(2)34-19(28)15-11(7-32-20(21)29)8-35-18-14(17(27)24(15)18)22-16(26)13(23-30-3)12-5-4-6-31-12/h4-6,8,10,14-15,18H,7H2,1-3H3,(H2,21,29)(H,22,26)/b23-13+/t10?,14-,15?,18-/m1/s1. The molecule has 35 heavy (non-hydrogen) atoms. The molecular formula is C20H22N4O10S. The quantitative estimate of drug-likeness (QED) is 0.147. The number of amides is 3. The predicted octanol–water partition coefficient (Wildman–Crippen LogP) is -0.170. The Morgan fingerprint density at radius 1 is 1.31 bits per heavy atom. The highest BCUT2D eigenvalue weighted by Gasteiger charge is 2.56. The van der Waals surface area contributed by atoms with Crippen LogP contribution in [0.4, 0.5) is 4.79 Å². The summed E-state index contributed by atoms with van der Waals surface area (Å²) in [5.41, 5.74) is 5.03. The van der Waals surface area contributed by atoms with E-state index in [0.29, 0.717) is 0 Å². The number of nitrogens with zero attached hydrogens (tertiary/aromatic N) is 2. The molecule has 188 valence electrons. The first kappa shape index (κ1) is 25.6. The molecule has 3 N–H and O–H groups in total. The Morgan fingerprint density at radius 2 is 2.06 bits per heavy atom. The normalized spacial score (nSPS) is 22.1. The number of carbonyl (C=O) groups is 5. The van der Waals surface area contributed by atoms with Gasteiger partial charge in [-0.2, -0.15) is 0 Å². The van der Waals surface area contributed by atoms with Gasteiger partial charge in [-0.25, -0.2) is 9.59 Å². The fourth-order valence-electron chi connectivity index (χ4n) is 3.37. The van der Waals surface area contributed by atoms with E-state index in [1.807, 2.05) is 0 Å². The number of furan rings is 1. The molecule has 0 saturated carbocycles. The maximum atomic E-state index is 13.0. The van der Waals surface area contributed by atoms with Crippen molar-refractivity contribution in [2.75, 3.05) is 13.7 Å². The summed E-state index contributed by atoms with van der Waals surface area (Å²) in [7, 11) is 1.25. The van der Waals surface area contributed by atoms with Gasteiger partial charge in [-0.1, -0.05) is 5.16 Å². The van der Waals surface area contributed by atoms with Gasteiger partial charge in [0.1, 0.15) is 25.1 Å². The first-order chi connectivity index (χ1) is 16.6. The van der Waals surface area contributed by atoms with E-state index in [2.05, 4.69) is 10.5 Å². The molecule has 0 aliphatic carbocycles. The minimum atomic E-state index is -1.31. The average Bonchev–Trinajstić information content (AvgIpc) is 3.32. The molecule has 2 unspecified atom stereocenters. The number of rotatable bonds is 9. The highest BCUT2D eigenvalue weighted by atomic mass is 32.2. The predicted molar refractivity (Wildman–Crippen MR) is 117 cm³/mol. The van der Waals surface area contributed by atoms with Gasteiger partial charge in [0.2, 0.25) is 17.9 Å². The molecule has 0 bridgehead atoms. The molecule has 2 aliphatic heterocycles. The molecule has 1 saturated heterocycles. The van der Waals surface area contributed by atoms with Gasteiger partial charge in [-0.15, -0.1) is 11.8 Å². The first-order valence-electron chi connectivity index (χ1n) is 10.1. The summed E-state index contributed by atoms with van der Waals surface area (Å²) in [6.45, 7) is 2.07. The number of ether oxygens (including phenoxy) is 3. The zero-order chi connectivity index (χ0) is 25.7. The number of oxime groups is 1. The molecular weight excluding hydrogens is 488 g/mol. The van der Waals surface area contributed by atoms with Gasteiger partial charge in [0.25, 0.3) is 5.91 Å². The molecule has 14 nitrogen and oxygen atoms in total. The van der Waals surface area contributed by atoms with E-state index in [1.165, 1.54) is 31.8 Å². The molecule has 2 aliphatic rings. The summed E-state index contributed by atoms with van der Waals surface area (Å²) in [5, 5.41) is 7.01. The Bertz CT molecular complexity index is 1070. The zero-order valence-corrected chi connectivity index (χ0v) is 19.6. The fourth-order valence-corrected chi connectivity index (χ4v) is 4.58. The van der Waals surface area contributed by atoms with Crippen LogP contribution in [0.2, 0.25) is 0 Å². The summed E-state index contributed by atoms with van der Waals surface area (Å²) in [6.07, 6.45) is -0.977. The third kappa shape index (κ3) is 5.74. The summed E-state index contributed by atoms with van der Waals surface area (Å²) in [6, 6.07) is 0.706. The zero-order valence-electron chi connectivity index (χ0n) is 18.8. The van der Waals surface area contributed by atoms with E-state index < -0.39 is 53.6 Å². The van der Waals surface area contributed by atoms with Crippen LogP contribution in [0.1, 0.15) is 19.6 Å². The molecule has 3 amide bonds. The van der Waals surface area contributed by atoms with Gasteiger partial charge < -0.3 is 39.4 Å². The fraction of sp³-hybridized carbons (Fsp3) is 0.400. The SMILES string of the molecule is CO/N=C(/C(=O)N[C@@H]1C(=O)N2C(C(=O)OC(C)OC(C)=O)C(COC(N)=O)=CS[C@H]12)c1ccco1. The van der Waals surface area contributed by atoms with Crippen molar-refractivity contribution in [1.82, 2.24) is 10.2 Å². The lowest BCUT2D eigenvalue weighted by Gasteiger charge is -2.51. The summed E-state index contributed by atoms with van der Waals surface area (Å²) in [4.78, 5) is 66.7. The van der Waals surface area contributed by atoms with Crippen molar-refractivity contribution in [2.24, 2.45) is 10.9 Å². The number of fused-ring (bicyclic) bond motifs is 1. The van der Waals surface area contributed by atoms with Crippen molar-refractivity contribution in [3.05, 3.63) is 35.1 Å². The third-order valence-electron chi connectivity index (χ3n) is 4.73. The second kappa shape index (κ2) is 10.9. The molecule has 3 rings (SSSR count). The molecule has 0 radical (unpaired) electrons. The summed E-state index contributed by atoms with van der Waals surface area (Å²) < 4.78 is 19.9. The minimum Gasteiger partial charge on any atom is -0.462 e. The van der Waals surface area contributed by atoms with E-state index in [-0.39, 0.29) is 23.7 Å². The van der Waals surface area contributed by atoms with Crippen molar-refractivity contribution in [2.45, 2.75) is 37.6 Å². The van der Waals surface area contributed by atoms with Crippen molar-refractivity contribution in [1.29, 1.82) is 0 Å². The van der Waals surface area contributed by atoms with Crippen LogP contribution in [0.5, 0.6) is 0 Å². The number of hydrogen-bond donors (Lipinski definition) is 2. The summed E-state index contributed by atoms with van der Waals surface area (Å²) >= 11 is 1.11. The van der Waals surface area contributed by atoms with Gasteiger partial charge in [-0.05, 0) is 17.5 Å². The highest BCUT2D eigenvalue weighted by Crippen LogP contribution is 2.40. The maximum Gasteiger partial charge on any atom is 0.404 e. The largest absolute Gasteiger partial charge is 0.462 e. The van der Waals surface area contributed by atoms with E-state index in [4.69, 9.17) is 29.2 Å². The smallest absolute Gasteiger partial charge is 0.404 e. The number of β-lactam (4-membered cyclic amide) rings is 1. The lowest BCUT2D eigenvalue weighted by Crippen LogP contribution is -2.74. The lowest BCUT2D eigenvalue weighted by molar-refractivity contribution is -0.189. The number of primary amides is 1. The van der Waals surface area contributed by atoms with Crippen molar-refractivity contribution in [3.63, 3.8) is 0 Å². The van der Waals surface area contributed by atoms with Crippen LogP contribution in [0.3, 0.4) is 0 Å². The van der Waals surface area contributed by atoms with E-state index in [9.17, 15) is 24.0 Å². The topological polar surface area (TPSA) is 189 Å². The van der Waals surface area contributed by atoms with Crippen LogP contribution >= 0.6 is 11.8 Å². The molecule has 4 atom stereocenters. The van der Waals surface area contributed by atoms with Crippen molar-refractivity contribution >= 4 is 47.3 Å². The highest BCUT2D eigenvalue weighted by molar-refractivity contribution is 8.03. The second-order valence-corrected chi connectivity index (χ2v) is 8.13. The van der Waals surface area contributed by atoms with E-state index in [1.54, 1.807) is 6.07 Å². The van der Waals surface area contributed by atoms with Crippen molar-refractivity contribution < 1.29 is 47.4 Å². The number of hydrogen-bond acceptors (Lipinski definition) is 12. The molecule has 15 heteroatoms. The monoisotopic (exact) mass is 510 g/mol. The number of esters is 2. The second-order valence-electron chi connectivity index (χ2n) is 7.14. The van der Waals surface area contributed by atoms with E-state index in [0.717, 1.165) is 23.6 Å². The van der Waals surface area contributed by atoms with E-state index >= 15 is 0 Å². The van der Waals surface area contributed by atoms with Gasteiger partial charge in [0.05, 0.1) is 6.26 Å². The number of carbonyl (C=O) groups excluding carboxylic acids is 5. The van der Waals surface area contributed by atoms with Crippen LogP contribution in [0, 0.1) is 0 Å². The Hall–Kier alpha value is -4.01. The number of thioether (sulfide) groups is 1. The number of nitrogens with two attached hydrogens (primary N) is 1. The Kier molecular flexibility index (Phi) is 8.01.